The van der Waals surface area contributed by atoms with Gasteiger partial charge in [0.25, 0.3) is 11.8 Å². The summed E-state index contributed by atoms with van der Waals surface area (Å²) < 4.78 is 0. The van der Waals surface area contributed by atoms with Gasteiger partial charge in [0.1, 0.15) is 5.01 Å². The van der Waals surface area contributed by atoms with Crippen molar-refractivity contribution in [1.29, 1.82) is 0 Å². The molecule has 0 saturated carbocycles. The summed E-state index contributed by atoms with van der Waals surface area (Å²) in [6.07, 6.45) is 1.70. The number of nitrogens with zero attached hydrogens (tertiary/aromatic N) is 4. The fourth-order valence-corrected chi connectivity index (χ4v) is 4.62. The molecule has 1 saturated heterocycles. The summed E-state index contributed by atoms with van der Waals surface area (Å²) >= 11 is 1.46. The van der Waals surface area contributed by atoms with Gasteiger partial charge in [-0.25, -0.2) is 4.98 Å². The molecule has 0 aliphatic carbocycles. The smallest absolute Gasteiger partial charge is 0.264 e. The fourth-order valence-electron chi connectivity index (χ4n) is 3.93. The third-order valence-corrected chi connectivity index (χ3v) is 6.45. The van der Waals surface area contributed by atoms with Gasteiger partial charge in [-0.05, 0) is 32.9 Å². The predicted octanol–water partition coefficient (Wildman–Crippen LogP) is 3.03. The second-order valence-corrected chi connectivity index (χ2v) is 8.27. The highest BCUT2D eigenvalue weighted by atomic mass is 32.1. The van der Waals surface area contributed by atoms with Crippen LogP contribution in [0.1, 0.15) is 52.5 Å². The van der Waals surface area contributed by atoms with Crippen molar-refractivity contribution in [1.82, 2.24) is 14.8 Å². The Labute approximate surface area is 163 Å². The zero-order valence-corrected chi connectivity index (χ0v) is 16.7. The van der Waals surface area contributed by atoms with Gasteiger partial charge in [0.2, 0.25) is 0 Å². The van der Waals surface area contributed by atoms with Crippen molar-refractivity contribution < 1.29 is 9.59 Å². The van der Waals surface area contributed by atoms with Gasteiger partial charge in [-0.3, -0.25) is 19.4 Å². The van der Waals surface area contributed by atoms with Crippen LogP contribution in [0.25, 0.3) is 0 Å². The maximum absolute atomic E-state index is 13.2. The van der Waals surface area contributed by atoms with Gasteiger partial charge in [0.05, 0.1) is 22.9 Å². The van der Waals surface area contributed by atoms with Crippen molar-refractivity contribution in [3.8, 4) is 0 Å². The SMILES string of the molecule is CC(C)N1CCN(c2cccc3c2C(=O)N(C(C)c2nccs2)C3=O)CC1. The first kappa shape index (κ1) is 18.1. The van der Waals surface area contributed by atoms with E-state index in [1.165, 1.54) is 16.2 Å². The Bertz CT molecular complexity index is 857. The van der Waals surface area contributed by atoms with E-state index in [2.05, 4.69) is 28.6 Å². The van der Waals surface area contributed by atoms with E-state index in [1.54, 1.807) is 12.3 Å². The van der Waals surface area contributed by atoms with Crippen molar-refractivity contribution in [2.45, 2.75) is 32.9 Å². The van der Waals surface area contributed by atoms with Crippen LogP contribution in [0.2, 0.25) is 0 Å². The number of hydrogen-bond acceptors (Lipinski definition) is 6. The van der Waals surface area contributed by atoms with Crippen molar-refractivity contribution in [3.05, 3.63) is 45.9 Å². The third kappa shape index (κ3) is 3.04. The Kier molecular flexibility index (Phi) is 4.74. The number of carbonyl (C=O) groups is 2. The van der Waals surface area contributed by atoms with Crippen LogP contribution in [-0.4, -0.2) is 58.8 Å². The van der Waals surface area contributed by atoms with Gasteiger partial charge < -0.3 is 4.90 Å². The van der Waals surface area contributed by atoms with Crippen LogP contribution < -0.4 is 4.90 Å². The molecule has 0 radical (unpaired) electrons. The molecule has 3 heterocycles. The molecule has 142 valence electrons. The lowest BCUT2D eigenvalue weighted by molar-refractivity contribution is 0.0595. The summed E-state index contributed by atoms with van der Waals surface area (Å²) in [7, 11) is 0. The maximum atomic E-state index is 13.2. The van der Waals surface area contributed by atoms with E-state index >= 15 is 0 Å². The number of thiazole rings is 1. The number of imide groups is 1. The number of amides is 2. The topological polar surface area (TPSA) is 56.8 Å². The first-order valence-corrected chi connectivity index (χ1v) is 10.3. The summed E-state index contributed by atoms with van der Waals surface area (Å²) in [5.41, 5.74) is 1.93. The van der Waals surface area contributed by atoms with E-state index in [0.29, 0.717) is 17.2 Å². The van der Waals surface area contributed by atoms with E-state index in [9.17, 15) is 9.59 Å². The molecule has 2 amide bonds. The fraction of sp³-hybridized carbons (Fsp3) is 0.450. The molecule has 7 heteroatoms. The van der Waals surface area contributed by atoms with Crippen LogP contribution in [0.5, 0.6) is 0 Å². The first-order valence-electron chi connectivity index (χ1n) is 9.38. The minimum Gasteiger partial charge on any atom is -0.368 e. The number of fused-ring (bicyclic) bond motifs is 1. The van der Waals surface area contributed by atoms with E-state index < -0.39 is 0 Å². The Hall–Kier alpha value is -2.25. The largest absolute Gasteiger partial charge is 0.368 e. The Morgan fingerprint density at radius 1 is 1.04 bits per heavy atom. The van der Waals surface area contributed by atoms with Crippen molar-refractivity contribution >= 4 is 28.8 Å². The highest BCUT2D eigenvalue weighted by molar-refractivity contribution is 7.09. The van der Waals surface area contributed by atoms with Crippen LogP contribution in [0.15, 0.2) is 29.8 Å². The Morgan fingerprint density at radius 3 is 2.41 bits per heavy atom. The molecular weight excluding hydrogens is 360 g/mol. The van der Waals surface area contributed by atoms with Crippen LogP contribution in [0.3, 0.4) is 0 Å². The minimum atomic E-state index is -0.358. The van der Waals surface area contributed by atoms with Crippen LogP contribution >= 0.6 is 11.3 Å². The van der Waals surface area contributed by atoms with E-state index in [-0.39, 0.29) is 17.9 Å². The minimum absolute atomic E-state index is 0.209. The van der Waals surface area contributed by atoms with Crippen LogP contribution in [-0.2, 0) is 0 Å². The van der Waals surface area contributed by atoms with E-state index in [4.69, 9.17) is 0 Å². The zero-order chi connectivity index (χ0) is 19.1. The predicted molar refractivity (Wildman–Crippen MR) is 106 cm³/mol. The van der Waals surface area contributed by atoms with Gasteiger partial charge in [0, 0.05) is 43.8 Å². The lowest BCUT2D eigenvalue weighted by Gasteiger charge is -2.38. The van der Waals surface area contributed by atoms with Crippen molar-refractivity contribution in [2.75, 3.05) is 31.1 Å². The molecule has 1 unspecified atom stereocenters. The van der Waals surface area contributed by atoms with E-state index in [1.807, 2.05) is 24.4 Å². The van der Waals surface area contributed by atoms with Gasteiger partial charge in [0.15, 0.2) is 0 Å². The average molecular weight is 385 g/mol. The molecule has 4 rings (SSSR count). The Morgan fingerprint density at radius 2 is 1.78 bits per heavy atom. The number of aromatic nitrogens is 1. The van der Waals surface area contributed by atoms with Crippen LogP contribution in [0.4, 0.5) is 5.69 Å². The monoisotopic (exact) mass is 384 g/mol. The summed E-state index contributed by atoms with van der Waals surface area (Å²) in [6.45, 7) is 9.91. The summed E-state index contributed by atoms with van der Waals surface area (Å²) in [4.78, 5) is 36.5. The third-order valence-electron chi connectivity index (χ3n) is 5.51. The zero-order valence-electron chi connectivity index (χ0n) is 15.9. The second kappa shape index (κ2) is 7.05. The van der Waals surface area contributed by atoms with Crippen molar-refractivity contribution in [3.63, 3.8) is 0 Å². The molecule has 1 atom stereocenters. The molecule has 0 N–H and O–H groups in total. The van der Waals surface area contributed by atoms with Gasteiger partial charge in [-0.1, -0.05) is 6.07 Å². The molecule has 1 fully saturated rings. The summed E-state index contributed by atoms with van der Waals surface area (Å²) in [5.74, 6) is -0.431. The number of carbonyl (C=O) groups excluding carboxylic acids is 2. The van der Waals surface area contributed by atoms with E-state index in [0.717, 1.165) is 36.9 Å². The highest BCUT2D eigenvalue weighted by Crippen LogP contribution is 2.37. The lowest BCUT2D eigenvalue weighted by Crippen LogP contribution is -2.49. The average Bonchev–Trinajstić information content (AvgIpc) is 3.29. The lowest BCUT2D eigenvalue weighted by atomic mass is 10.1. The molecule has 1 aromatic heterocycles. The summed E-state index contributed by atoms with van der Waals surface area (Å²) in [5, 5.41) is 2.64. The van der Waals surface area contributed by atoms with Gasteiger partial charge >= 0.3 is 0 Å². The highest BCUT2D eigenvalue weighted by Gasteiger charge is 2.42. The standard InChI is InChI=1S/C20H24N4O2S/c1-13(2)22-8-10-23(11-9-22)16-6-4-5-15-17(16)20(26)24(19(15)25)14(3)18-21-7-12-27-18/h4-7,12-14H,8-11H2,1-3H3. The molecule has 27 heavy (non-hydrogen) atoms. The quantitative estimate of drug-likeness (QED) is 0.759. The maximum Gasteiger partial charge on any atom is 0.264 e. The number of piperazine rings is 1. The molecule has 1 aromatic carbocycles. The number of hydrogen-bond donors (Lipinski definition) is 0. The second-order valence-electron chi connectivity index (χ2n) is 7.34. The molecule has 6 nitrogen and oxygen atoms in total. The number of benzene rings is 1. The molecular formula is C20H24N4O2S. The van der Waals surface area contributed by atoms with Gasteiger partial charge in [-0.2, -0.15) is 0 Å². The Balaban J connectivity index is 1.64. The molecule has 2 aliphatic rings. The normalized spacial score (nSPS) is 19.1. The van der Waals surface area contributed by atoms with Crippen LogP contribution in [0, 0.1) is 0 Å². The molecule has 2 aliphatic heterocycles. The molecule has 2 aromatic rings. The van der Waals surface area contributed by atoms with Gasteiger partial charge in [-0.15, -0.1) is 11.3 Å². The summed E-state index contributed by atoms with van der Waals surface area (Å²) in [6, 6.07) is 5.77. The van der Waals surface area contributed by atoms with Crippen molar-refractivity contribution in [2.24, 2.45) is 0 Å². The molecule has 0 bridgehead atoms. The number of anilines is 1. The number of rotatable bonds is 4. The first-order chi connectivity index (χ1) is 13.0. The molecule has 0 spiro atoms.